The largest absolute Gasteiger partial charge is 0.478 e. The Morgan fingerprint density at radius 2 is 1.84 bits per heavy atom. The van der Waals surface area contributed by atoms with Crippen LogP contribution in [0.25, 0.3) is 22.6 Å². The van der Waals surface area contributed by atoms with Crippen LogP contribution in [0, 0.1) is 0 Å². The van der Waals surface area contributed by atoms with E-state index in [9.17, 15) is 14.7 Å². The second-order valence-electron chi connectivity index (χ2n) is 7.93. The minimum Gasteiger partial charge on any atom is -0.478 e. The highest BCUT2D eigenvalue weighted by Gasteiger charge is 2.21. The van der Waals surface area contributed by atoms with Gasteiger partial charge in [0.25, 0.3) is 5.56 Å². The second-order valence-corrected chi connectivity index (χ2v) is 7.93. The average molecular weight is 418 g/mol. The fourth-order valence-corrected chi connectivity index (χ4v) is 4.18. The lowest BCUT2D eigenvalue weighted by molar-refractivity contribution is 0.0697. The Bertz CT molecular complexity index is 1200. The zero-order chi connectivity index (χ0) is 22.0. The molecule has 3 aromatic rings. The summed E-state index contributed by atoms with van der Waals surface area (Å²) >= 11 is 0. The molecule has 6 nitrogen and oxygen atoms in total. The molecule has 0 unspecified atom stereocenters. The van der Waals surface area contributed by atoms with Gasteiger partial charge in [0.15, 0.2) is 0 Å². The fourth-order valence-electron chi connectivity index (χ4n) is 4.18. The Morgan fingerprint density at radius 1 is 1.13 bits per heavy atom. The van der Waals surface area contributed by atoms with Crippen LogP contribution in [0.1, 0.15) is 54.9 Å². The number of hydrogen-bond acceptors (Lipinski definition) is 4. The maximum atomic E-state index is 12.9. The summed E-state index contributed by atoms with van der Waals surface area (Å²) in [5, 5.41) is 9.71. The number of allylic oxidation sites excluding steroid dienone is 1. The van der Waals surface area contributed by atoms with Crippen molar-refractivity contribution in [2.24, 2.45) is 0 Å². The van der Waals surface area contributed by atoms with Gasteiger partial charge >= 0.3 is 5.97 Å². The highest BCUT2D eigenvalue weighted by molar-refractivity contribution is 5.93. The van der Waals surface area contributed by atoms with Gasteiger partial charge in [0, 0.05) is 25.3 Å². The number of anilines is 1. The predicted octanol–water partition coefficient (Wildman–Crippen LogP) is 4.67. The molecule has 0 saturated carbocycles. The van der Waals surface area contributed by atoms with Crippen molar-refractivity contribution in [3.05, 3.63) is 69.8 Å². The van der Waals surface area contributed by atoms with Gasteiger partial charge in [-0.25, -0.2) is 9.78 Å². The minimum absolute atomic E-state index is 0.120. The van der Waals surface area contributed by atoms with Gasteiger partial charge in [0.2, 0.25) is 0 Å². The first-order valence-electron chi connectivity index (χ1n) is 10.9. The van der Waals surface area contributed by atoms with Crippen molar-refractivity contribution >= 4 is 34.2 Å². The molecule has 0 spiro atoms. The molecule has 31 heavy (non-hydrogen) atoms. The summed E-state index contributed by atoms with van der Waals surface area (Å²) in [6, 6.07) is 13.0. The van der Waals surface area contributed by atoms with E-state index in [1.54, 1.807) is 10.6 Å². The van der Waals surface area contributed by atoms with Crippen LogP contribution in [0.4, 0.5) is 5.69 Å². The first-order valence-corrected chi connectivity index (χ1v) is 10.9. The number of fused-ring (bicyclic) bond motifs is 2. The molecule has 160 valence electrons. The number of carbonyl (C=O) groups is 1. The summed E-state index contributed by atoms with van der Waals surface area (Å²) in [5.74, 6) is -0.400. The number of hydrogen-bond donors (Lipinski definition) is 1. The lowest BCUT2D eigenvalue weighted by atomic mass is 10.1. The Balaban J connectivity index is 1.69. The summed E-state index contributed by atoms with van der Waals surface area (Å²) < 4.78 is 1.69. The molecule has 1 aliphatic rings. The molecule has 0 fully saturated rings. The van der Waals surface area contributed by atoms with E-state index in [0.717, 1.165) is 43.5 Å². The van der Waals surface area contributed by atoms with Gasteiger partial charge in [0.05, 0.1) is 16.5 Å². The maximum Gasteiger partial charge on any atom is 0.335 e. The van der Waals surface area contributed by atoms with E-state index in [0.29, 0.717) is 23.3 Å². The van der Waals surface area contributed by atoms with E-state index >= 15 is 0 Å². The van der Waals surface area contributed by atoms with Crippen LogP contribution in [-0.2, 0) is 6.54 Å². The molecular weight excluding hydrogens is 390 g/mol. The van der Waals surface area contributed by atoms with Gasteiger partial charge in [-0.1, -0.05) is 26.0 Å². The molecule has 0 bridgehead atoms. The zero-order valence-corrected chi connectivity index (χ0v) is 18.0. The summed E-state index contributed by atoms with van der Waals surface area (Å²) in [4.78, 5) is 31.2. The fraction of sp³-hybridized carbons (Fsp3) is 0.320. The van der Waals surface area contributed by atoms with Crippen molar-refractivity contribution < 1.29 is 9.90 Å². The van der Waals surface area contributed by atoms with E-state index in [1.807, 2.05) is 0 Å². The van der Waals surface area contributed by atoms with Gasteiger partial charge in [-0.15, -0.1) is 0 Å². The molecule has 0 atom stereocenters. The minimum atomic E-state index is -1.03. The lowest BCUT2D eigenvalue weighted by Gasteiger charge is -2.23. The predicted molar refractivity (Wildman–Crippen MR) is 125 cm³/mol. The van der Waals surface area contributed by atoms with E-state index in [1.165, 1.54) is 17.8 Å². The molecular formula is C25H27N3O3. The Morgan fingerprint density at radius 3 is 2.48 bits per heavy atom. The molecule has 0 aliphatic carbocycles. The van der Waals surface area contributed by atoms with Crippen molar-refractivity contribution in [1.29, 1.82) is 0 Å². The zero-order valence-electron chi connectivity index (χ0n) is 18.0. The Hall–Kier alpha value is -3.41. The smallest absolute Gasteiger partial charge is 0.335 e. The number of carboxylic acid groups (broad SMARTS) is 1. The number of aromatic nitrogens is 2. The number of carboxylic acids is 1. The topological polar surface area (TPSA) is 75.4 Å². The summed E-state index contributed by atoms with van der Waals surface area (Å²) in [6.45, 7) is 7.05. The van der Waals surface area contributed by atoms with Crippen molar-refractivity contribution in [3.8, 4) is 0 Å². The highest BCUT2D eigenvalue weighted by Crippen LogP contribution is 2.28. The van der Waals surface area contributed by atoms with Crippen LogP contribution in [0.5, 0.6) is 0 Å². The van der Waals surface area contributed by atoms with E-state index < -0.39 is 5.97 Å². The normalized spacial score (nSPS) is 14.2. The third kappa shape index (κ3) is 4.10. The van der Waals surface area contributed by atoms with Crippen LogP contribution in [0.3, 0.4) is 0 Å². The van der Waals surface area contributed by atoms with E-state index in [2.05, 4.69) is 54.1 Å². The SMILES string of the molecule is CCCN(CCC)c1ccc(/C=C2\CCn3c2nc2cc(C(=O)O)ccc2c3=O)cc1. The molecule has 1 aliphatic heterocycles. The van der Waals surface area contributed by atoms with Gasteiger partial charge in [-0.2, -0.15) is 0 Å². The van der Waals surface area contributed by atoms with Gasteiger partial charge in [0.1, 0.15) is 5.82 Å². The van der Waals surface area contributed by atoms with Crippen LogP contribution in [-0.4, -0.2) is 33.7 Å². The standard InChI is InChI=1S/C25H27N3O3/c1-3-12-27(13-4-2)20-8-5-17(6-9-20)15-18-11-14-28-23(18)26-22-16-19(25(30)31)7-10-21(22)24(28)29/h5-10,15-16H,3-4,11-14H2,1-2H3,(H,30,31)/b18-15+. The molecule has 1 aromatic heterocycles. The monoisotopic (exact) mass is 417 g/mol. The summed E-state index contributed by atoms with van der Waals surface area (Å²) in [7, 11) is 0. The quantitative estimate of drug-likeness (QED) is 0.605. The molecule has 2 aromatic carbocycles. The number of rotatable bonds is 7. The van der Waals surface area contributed by atoms with Gasteiger partial charge in [-0.05, 0) is 66.8 Å². The van der Waals surface area contributed by atoms with E-state index in [4.69, 9.17) is 0 Å². The van der Waals surface area contributed by atoms with Crippen molar-refractivity contribution in [2.45, 2.75) is 39.7 Å². The Kier molecular flexibility index (Phi) is 5.89. The Labute approximate surface area is 181 Å². The molecule has 4 rings (SSSR count). The van der Waals surface area contributed by atoms with Crippen LogP contribution < -0.4 is 10.5 Å². The van der Waals surface area contributed by atoms with Crippen molar-refractivity contribution in [2.75, 3.05) is 18.0 Å². The first-order chi connectivity index (χ1) is 15.0. The molecule has 0 radical (unpaired) electrons. The van der Waals surface area contributed by atoms with Crippen LogP contribution in [0.2, 0.25) is 0 Å². The first kappa shape index (κ1) is 20.8. The molecule has 0 saturated heterocycles. The van der Waals surface area contributed by atoms with Crippen LogP contribution in [0.15, 0.2) is 47.3 Å². The number of aromatic carboxylic acids is 1. The van der Waals surface area contributed by atoms with Gasteiger partial charge < -0.3 is 10.0 Å². The van der Waals surface area contributed by atoms with Crippen molar-refractivity contribution in [1.82, 2.24) is 9.55 Å². The lowest BCUT2D eigenvalue weighted by Crippen LogP contribution is -2.24. The molecule has 6 heteroatoms. The van der Waals surface area contributed by atoms with Crippen molar-refractivity contribution in [3.63, 3.8) is 0 Å². The number of nitrogens with zero attached hydrogens (tertiary/aromatic N) is 3. The third-order valence-corrected chi connectivity index (χ3v) is 5.68. The summed E-state index contributed by atoms with van der Waals surface area (Å²) in [6.07, 6.45) is 5.02. The molecule has 2 heterocycles. The summed E-state index contributed by atoms with van der Waals surface area (Å²) in [5.41, 5.74) is 3.71. The van der Waals surface area contributed by atoms with E-state index in [-0.39, 0.29) is 11.1 Å². The second kappa shape index (κ2) is 8.76. The average Bonchev–Trinajstić information content (AvgIpc) is 3.16. The molecule has 0 amide bonds. The third-order valence-electron chi connectivity index (χ3n) is 5.68. The van der Waals surface area contributed by atoms with Crippen LogP contribution >= 0.6 is 0 Å². The maximum absolute atomic E-state index is 12.9. The molecule has 1 N–H and O–H groups in total. The highest BCUT2D eigenvalue weighted by atomic mass is 16.4. The number of benzene rings is 2. The van der Waals surface area contributed by atoms with Gasteiger partial charge in [-0.3, -0.25) is 9.36 Å².